The van der Waals surface area contributed by atoms with Gasteiger partial charge >= 0.3 is 0 Å². The third kappa shape index (κ3) is 3.18. The molecule has 0 saturated heterocycles. The first-order chi connectivity index (χ1) is 8.92. The number of rotatable bonds is 4. The normalized spacial score (nSPS) is 23.2. The van der Waals surface area contributed by atoms with E-state index in [2.05, 4.69) is 57.3 Å². The molecular formula is C17H27NO. The van der Waals surface area contributed by atoms with Crippen molar-refractivity contribution in [1.82, 2.24) is 5.32 Å². The summed E-state index contributed by atoms with van der Waals surface area (Å²) < 4.78 is 0. The van der Waals surface area contributed by atoms with Gasteiger partial charge in [-0.05, 0) is 35.3 Å². The summed E-state index contributed by atoms with van der Waals surface area (Å²) in [7, 11) is 0. The van der Waals surface area contributed by atoms with Gasteiger partial charge in [-0.2, -0.15) is 0 Å². The Labute approximate surface area is 117 Å². The molecule has 0 radical (unpaired) electrons. The van der Waals surface area contributed by atoms with E-state index in [1.165, 1.54) is 17.5 Å². The standard InChI is InChI=1S/C17H27NO/c1-12(2)16(19)11-18-15-9-10-17(3,4)14-8-6-5-7-13(14)15/h5-8,12,15-16,18-19H,9-11H2,1-4H3. The van der Waals surface area contributed by atoms with Crippen LogP contribution in [-0.2, 0) is 5.41 Å². The molecule has 0 fully saturated rings. The number of fused-ring (bicyclic) bond motifs is 1. The third-order valence-corrected chi connectivity index (χ3v) is 4.47. The Kier molecular flexibility index (Phi) is 4.32. The first kappa shape index (κ1) is 14.5. The molecular weight excluding hydrogens is 234 g/mol. The van der Waals surface area contributed by atoms with Crippen LogP contribution in [-0.4, -0.2) is 17.8 Å². The van der Waals surface area contributed by atoms with Crippen LogP contribution in [0.2, 0.25) is 0 Å². The van der Waals surface area contributed by atoms with E-state index in [0.29, 0.717) is 18.5 Å². The molecule has 0 heterocycles. The van der Waals surface area contributed by atoms with Crippen LogP contribution in [0.5, 0.6) is 0 Å². The minimum absolute atomic E-state index is 0.262. The first-order valence-corrected chi connectivity index (χ1v) is 7.42. The van der Waals surface area contributed by atoms with Crippen molar-refractivity contribution in [1.29, 1.82) is 0 Å². The van der Waals surface area contributed by atoms with Crippen LogP contribution < -0.4 is 5.32 Å². The minimum Gasteiger partial charge on any atom is -0.392 e. The molecule has 0 bridgehead atoms. The van der Waals surface area contributed by atoms with Gasteiger partial charge in [-0.15, -0.1) is 0 Å². The zero-order chi connectivity index (χ0) is 14.0. The minimum atomic E-state index is -0.262. The fraction of sp³-hybridized carbons (Fsp3) is 0.647. The SMILES string of the molecule is CC(C)C(O)CNC1CCC(C)(C)c2ccccc21. The van der Waals surface area contributed by atoms with Crippen LogP contribution in [0.3, 0.4) is 0 Å². The predicted octanol–water partition coefficient (Wildman–Crippen LogP) is 3.41. The second-order valence-corrected chi connectivity index (χ2v) is 6.78. The van der Waals surface area contributed by atoms with Crippen LogP contribution in [0.25, 0.3) is 0 Å². The largest absolute Gasteiger partial charge is 0.392 e. The average Bonchev–Trinajstić information content (AvgIpc) is 2.37. The van der Waals surface area contributed by atoms with E-state index in [0.717, 1.165) is 6.42 Å². The van der Waals surface area contributed by atoms with Crippen molar-refractivity contribution in [2.75, 3.05) is 6.54 Å². The lowest BCUT2D eigenvalue weighted by Crippen LogP contribution is -2.37. The van der Waals surface area contributed by atoms with Crippen LogP contribution in [0.15, 0.2) is 24.3 Å². The number of hydrogen-bond donors (Lipinski definition) is 2. The Balaban J connectivity index is 2.12. The average molecular weight is 261 g/mol. The zero-order valence-corrected chi connectivity index (χ0v) is 12.6. The molecule has 106 valence electrons. The number of hydrogen-bond acceptors (Lipinski definition) is 2. The van der Waals surface area contributed by atoms with E-state index in [-0.39, 0.29) is 11.5 Å². The highest BCUT2D eigenvalue weighted by Crippen LogP contribution is 2.41. The van der Waals surface area contributed by atoms with Gasteiger partial charge in [0, 0.05) is 12.6 Å². The molecule has 2 rings (SSSR count). The molecule has 2 heteroatoms. The van der Waals surface area contributed by atoms with Crippen LogP contribution >= 0.6 is 0 Å². The molecule has 0 amide bonds. The fourth-order valence-electron chi connectivity index (χ4n) is 2.92. The van der Waals surface area contributed by atoms with Gasteiger partial charge in [0.05, 0.1) is 6.10 Å². The number of nitrogens with one attached hydrogen (secondary N) is 1. The van der Waals surface area contributed by atoms with Gasteiger partial charge < -0.3 is 10.4 Å². The summed E-state index contributed by atoms with van der Waals surface area (Å²) in [5.41, 5.74) is 3.14. The summed E-state index contributed by atoms with van der Waals surface area (Å²) in [6.45, 7) is 9.45. The number of aliphatic hydroxyl groups is 1. The van der Waals surface area contributed by atoms with Crippen molar-refractivity contribution in [3.63, 3.8) is 0 Å². The van der Waals surface area contributed by atoms with Crippen molar-refractivity contribution in [2.45, 2.75) is 58.1 Å². The molecule has 1 aliphatic rings. The Bertz CT molecular complexity index is 425. The van der Waals surface area contributed by atoms with Crippen LogP contribution in [0.1, 0.15) is 57.7 Å². The molecule has 2 atom stereocenters. The van der Waals surface area contributed by atoms with Crippen LogP contribution in [0, 0.1) is 5.92 Å². The van der Waals surface area contributed by atoms with E-state index in [1.54, 1.807) is 0 Å². The predicted molar refractivity (Wildman–Crippen MR) is 80.3 cm³/mol. The van der Waals surface area contributed by atoms with Crippen molar-refractivity contribution < 1.29 is 5.11 Å². The zero-order valence-electron chi connectivity index (χ0n) is 12.6. The maximum Gasteiger partial charge on any atom is 0.0687 e. The molecule has 1 aromatic rings. The van der Waals surface area contributed by atoms with Gasteiger partial charge in [-0.3, -0.25) is 0 Å². The highest BCUT2D eigenvalue weighted by Gasteiger charge is 2.32. The quantitative estimate of drug-likeness (QED) is 0.870. The second kappa shape index (κ2) is 5.64. The lowest BCUT2D eigenvalue weighted by Gasteiger charge is -2.38. The van der Waals surface area contributed by atoms with E-state index in [4.69, 9.17) is 0 Å². The second-order valence-electron chi connectivity index (χ2n) is 6.78. The molecule has 1 aromatic carbocycles. The van der Waals surface area contributed by atoms with Gasteiger partial charge in [0.15, 0.2) is 0 Å². The fourth-order valence-corrected chi connectivity index (χ4v) is 2.92. The maximum atomic E-state index is 9.95. The number of aliphatic hydroxyl groups excluding tert-OH is 1. The molecule has 2 nitrogen and oxygen atoms in total. The summed E-state index contributed by atoms with van der Waals surface area (Å²) >= 11 is 0. The topological polar surface area (TPSA) is 32.3 Å². The third-order valence-electron chi connectivity index (χ3n) is 4.47. The summed E-state index contributed by atoms with van der Waals surface area (Å²) in [5, 5.41) is 13.5. The van der Waals surface area contributed by atoms with Gasteiger partial charge in [0.2, 0.25) is 0 Å². The van der Waals surface area contributed by atoms with Crippen molar-refractivity contribution in [2.24, 2.45) is 5.92 Å². The highest BCUT2D eigenvalue weighted by atomic mass is 16.3. The smallest absolute Gasteiger partial charge is 0.0687 e. The molecule has 0 spiro atoms. The monoisotopic (exact) mass is 261 g/mol. The van der Waals surface area contributed by atoms with E-state index < -0.39 is 0 Å². The molecule has 19 heavy (non-hydrogen) atoms. The molecule has 1 aliphatic carbocycles. The first-order valence-electron chi connectivity index (χ1n) is 7.42. The summed E-state index contributed by atoms with van der Waals surface area (Å²) in [6.07, 6.45) is 2.08. The lowest BCUT2D eigenvalue weighted by atomic mass is 9.71. The van der Waals surface area contributed by atoms with Gasteiger partial charge in [0.25, 0.3) is 0 Å². The summed E-state index contributed by atoms with van der Waals surface area (Å²) in [4.78, 5) is 0. The molecule has 2 unspecified atom stereocenters. The number of benzene rings is 1. The van der Waals surface area contributed by atoms with Crippen molar-refractivity contribution in [3.05, 3.63) is 35.4 Å². The molecule has 0 aromatic heterocycles. The molecule has 2 N–H and O–H groups in total. The Morgan fingerprint density at radius 1 is 1.32 bits per heavy atom. The highest BCUT2D eigenvalue weighted by molar-refractivity contribution is 5.38. The van der Waals surface area contributed by atoms with E-state index >= 15 is 0 Å². The van der Waals surface area contributed by atoms with E-state index in [1.807, 2.05) is 0 Å². The molecule has 0 aliphatic heterocycles. The maximum absolute atomic E-state index is 9.95. The van der Waals surface area contributed by atoms with Gasteiger partial charge in [0.1, 0.15) is 0 Å². The Hall–Kier alpha value is -0.860. The van der Waals surface area contributed by atoms with Crippen molar-refractivity contribution in [3.8, 4) is 0 Å². The lowest BCUT2D eigenvalue weighted by molar-refractivity contribution is 0.118. The van der Waals surface area contributed by atoms with Gasteiger partial charge in [-0.25, -0.2) is 0 Å². The Morgan fingerprint density at radius 3 is 2.68 bits per heavy atom. The summed E-state index contributed by atoms with van der Waals surface area (Å²) in [6, 6.07) is 9.12. The Morgan fingerprint density at radius 2 is 2.00 bits per heavy atom. The van der Waals surface area contributed by atoms with Gasteiger partial charge in [-0.1, -0.05) is 52.0 Å². The van der Waals surface area contributed by atoms with Crippen molar-refractivity contribution >= 4 is 0 Å². The van der Waals surface area contributed by atoms with E-state index in [9.17, 15) is 5.11 Å². The van der Waals surface area contributed by atoms with Crippen LogP contribution in [0.4, 0.5) is 0 Å². The summed E-state index contributed by atoms with van der Waals surface area (Å²) in [5.74, 6) is 0.308. The molecule has 0 saturated carbocycles.